The lowest BCUT2D eigenvalue weighted by atomic mass is 10.4. The molecule has 0 aliphatic carbocycles. The van der Waals surface area contributed by atoms with Crippen LogP contribution in [0.4, 0.5) is 0 Å². The Morgan fingerprint density at radius 1 is 1.73 bits per heavy atom. The monoisotopic (exact) mass is 180 g/mol. The van der Waals surface area contributed by atoms with Gasteiger partial charge in [0.25, 0.3) is 6.08 Å². The van der Waals surface area contributed by atoms with Crippen LogP contribution in [0.5, 0.6) is 0 Å². The molecule has 0 aromatic heterocycles. The second kappa shape index (κ2) is 8.94. The molecule has 0 fully saturated rings. The fourth-order valence-corrected chi connectivity index (χ4v) is 0.348. The molecule has 0 saturated heterocycles. The molecule has 0 aromatic carbocycles. The number of rotatable bonds is 4. The van der Waals surface area contributed by atoms with Gasteiger partial charge in [-0.1, -0.05) is 5.10 Å². The molecule has 0 unspecified atom stereocenters. The molecule has 5 nitrogen and oxygen atoms in total. The van der Waals surface area contributed by atoms with Crippen molar-refractivity contribution in [2.24, 2.45) is 5.10 Å². The van der Waals surface area contributed by atoms with E-state index in [0.29, 0.717) is 6.54 Å². The molecule has 0 radical (unpaired) electrons. The van der Waals surface area contributed by atoms with E-state index in [1.165, 1.54) is 13.2 Å². The van der Waals surface area contributed by atoms with Crippen molar-refractivity contribution >= 4 is 24.5 Å². The van der Waals surface area contributed by atoms with Crippen molar-refractivity contribution in [2.45, 2.75) is 6.42 Å². The lowest BCUT2D eigenvalue weighted by Gasteiger charge is -1.95. The minimum atomic E-state index is -0.339. The van der Waals surface area contributed by atoms with E-state index in [0.717, 1.165) is 0 Å². The van der Waals surface area contributed by atoms with Gasteiger partial charge in [0, 0.05) is 6.54 Å². The summed E-state index contributed by atoms with van der Waals surface area (Å²) in [6.45, 7) is 0.294. The molecule has 1 N–H and O–H groups in total. The molecular formula is C5H9ClN2O3. The number of isocyanates is 1. The number of halogens is 1. The van der Waals surface area contributed by atoms with Crippen molar-refractivity contribution in [3.63, 3.8) is 0 Å². The molecule has 0 bridgehead atoms. The number of hydrazone groups is 1. The number of hydrogen-bond donors (Lipinski definition) is 1. The molecule has 0 aliphatic rings. The summed E-state index contributed by atoms with van der Waals surface area (Å²) < 4.78 is 4.31. The SMILES string of the molecule is COC(=O)CCNN=C=O.Cl. The van der Waals surface area contributed by atoms with Gasteiger partial charge < -0.3 is 4.74 Å². The van der Waals surface area contributed by atoms with E-state index in [4.69, 9.17) is 0 Å². The Morgan fingerprint density at radius 3 is 2.82 bits per heavy atom. The first-order chi connectivity index (χ1) is 4.81. The fraction of sp³-hybridized carbons (Fsp3) is 0.600. The number of hydrogen-bond acceptors (Lipinski definition) is 5. The van der Waals surface area contributed by atoms with E-state index in [9.17, 15) is 9.59 Å². The highest BCUT2D eigenvalue weighted by Crippen LogP contribution is 1.79. The number of nitrogens with zero attached hydrogens (tertiary/aromatic N) is 1. The van der Waals surface area contributed by atoms with E-state index in [1.54, 1.807) is 0 Å². The van der Waals surface area contributed by atoms with E-state index in [1.807, 2.05) is 0 Å². The van der Waals surface area contributed by atoms with Crippen LogP contribution in [-0.4, -0.2) is 25.7 Å². The maximum atomic E-state index is 10.4. The van der Waals surface area contributed by atoms with Crippen LogP contribution >= 0.6 is 12.4 Å². The molecule has 0 heterocycles. The van der Waals surface area contributed by atoms with Gasteiger partial charge in [0.15, 0.2) is 0 Å². The van der Waals surface area contributed by atoms with Crippen LogP contribution < -0.4 is 5.43 Å². The molecule has 64 valence electrons. The minimum Gasteiger partial charge on any atom is -0.469 e. The summed E-state index contributed by atoms with van der Waals surface area (Å²) in [7, 11) is 1.30. The molecule has 11 heavy (non-hydrogen) atoms. The van der Waals surface area contributed by atoms with E-state index in [2.05, 4.69) is 15.3 Å². The average molecular weight is 181 g/mol. The molecule has 0 amide bonds. The highest BCUT2D eigenvalue weighted by molar-refractivity contribution is 5.85. The van der Waals surface area contributed by atoms with E-state index in [-0.39, 0.29) is 24.8 Å². The summed E-state index contributed by atoms with van der Waals surface area (Å²) in [5, 5.41) is 3.01. The van der Waals surface area contributed by atoms with Gasteiger partial charge in [-0.25, -0.2) is 4.79 Å². The third-order valence-electron chi connectivity index (χ3n) is 0.793. The molecule has 0 aromatic rings. The Kier molecular flexibility index (Phi) is 10.2. The number of carbonyl (C=O) groups is 1. The maximum absolute atomic E-state index is 10.4. The first-order valence-electron chi connectivity index (χ1n) is 2.67. The summed E-state index contributed by atoms with van der Waals surface area (Å²) in [5.41, 5.74) is 2.30. The van der Waals surface area contributed by atoms with Crippen molar-refractivity contribution in [1.82, 2.24) is 5.43 Å². The van der Waals surface area contributed by atoms with Crippen molar-refractivity contribution in [3.8, 4) is 0 Å². The van der Waals surface area contributed by atoms with Crippen molar-refractivity contribution in [3.05, 3.63) is 0 Å². The topological polar surface area (TPSA) is 67.8 Å². The van der Waals surface area contributed by atoms with Crippen LogP contribution in [0.2, 0.25) is 0 Å². The third kappa shape index (κ3) is 8.94. The van der Waals surface area contributed by atoms with E-state index >= 15 is 0 Å². The van der Waals surface area contributed by atoms with Crippen LogP contribution in [0.25, 0.3) is 0 Å². The van der Waals surface area contributed by atoms with Gasteiger partial charge in [0.05, 0.1) is 13.5 Å². The van der Waals surface area contributed by atoms with Crippen LogP contribution in [0.1, 0.15) is 6.42 Å². The molecule has 0 atom stereocenters. The third-order valence-corrected chi connectivity index (χ3v) is 0.793. The zero-order valence-electron chi connectivity index (χ0n) is 5.99. The average Bonchev–Trinajstić information content (AvgIpc) is 1.98. The lowest BCUT2D eigenvalue weighted by molar-refractivity contribution is -0.140. The first kappa shape index (κ1) is 12.6. The van der Waals surface area contributed by atoms with Crippen molar-refractivity contribution < 1.29 is 14.3 Å². The summed E-state index contributed by atoms with van der Waals surface area (Å²) in [4.78, 5) is 19.8. The number of carbonyl (C=O) groups excluding carboxylic acids is 2. The summed E-state index contributed by atoms with van der Waals surface area (Å²) in [6, 6.07) is 0. The van der Waals surface area contributed by atoms with Crippen LogP contribution in [0.15, 0.2) is 5.10 Å². The molecule has 0 spiro atoms. The number of esters is 1. The summed E-state index contributed by atoms with van der Waals surface area (Å²) in [5.74, 6) is -0.339. The zero-order valence-corrected chi connectivity index (χ0v) is 6.81. The normalized spacial score (nSPS) is 7.00. The predicted octanol–water partition coefficient (Wildman–Crippen LogP) is -0.188. The van der Waals surface area contributed by atoms with Gasteiger partial charge >= 0.3 is 5.97 Å². The van der Waals surface area contributed by atoms with Gasteiger partial charge in [-0.05, 0) is 0 Å². The van der Waals surface area contributed by atoms with Crippen LogP contribution in [-0.2, 0) is 14.3 Å². The number of ether oxygens (including phenoxy) is 1. The zero-order chi connectivity index (χ0) is 7.82. The van der Waals surface area contributed by atoms with Crippen LogP contribution in [0.3, 0.4) is 0 Å². The standard InChI is InChI=1S/C5H8N2O3.ClH/c1-10-5(9)2-3-6-7-4-8;/h6H,2-3H2,1H3;1H. The lowest BCUT2D eigenvalue weighted by Crippen LogP contribution is -2.12. The molecular weight excluding hydrogens is 172 g/mol. The van der Waals surface area contributed by atoms with Crippen LogP contribution in [0, 0.1) is 0 Å². The van der Waals surface area contributed by atoms with Crippen molar-refractivity contribution in [2.75, 3.05) is 13.7 Å². The Bertz CT molecular complexity index is 156. The minimum absolute atomic E-state index is 0. The van der Waals surface area contributed by atoms with Crippen molar-refractivity contribution in [1.29, 1.82) is 0 Å². The van der Waals surface area contributed by atoms with Gasteiger partial charge in [-0.15, -0.1) is 12.4 Å². The van der Waals surface area contributed by atoms with Gasteiger partial charge in [-0.2, -0.15) is 0 Å². The summed E-state index contributed by atoms with van der Waals surface area (Å²) in [6.07, 6.45) is 1.47. The molecule has 6 heteroatoms. The summed E-state index contributed by atoms with van der Waals surface area (Å²) >= 11 is 0. The second-order valence-corrected chi connectivity index (χ2v) is 1.44. The van der Waals surface area contributed by atoms with Gasteiger partial charge in [0.1, 0.15) is 0 Å². The number of nitrogens with one attached hydrogen (secondary N) is 1. The smallest absolute Gasteiger partial charge is 0.307 e. The Morgan fingerprint density at radius 2 is 2.36 bits per heavy atom. The fourth-order valence-electron chi connectivity index (χ4n) is 0.348. The highest BCUT2D eigenvalue weighted by atomic mass is 35.5. The Labute approximate surface area is 70.2 Å². The largest absolute Gasteiger partial charge is 0.469 e. The molecule has 0 aliphatic heterocycles. The van der Waals surface area contributed by atoms with E-state index < -0.39 is 0 Å². The molecule has 0 saturated carbocycles. The predicted molar refractivity (Wildman–Crippen MR) is 40.0 cm³/mol. The first-order valence-corrected chi connectivity index (χ1v) is 2.67. The van der Waals surface area contributed by atoms with Gasteiger partial charge in [-0.3, -0.25) is 10.2 Å². The maximum Gasteiger partial charge on any atom is 0.307 e. The van der Waals surface area contributed by atoms with Gasteiger partial charge in [0.2, 0.25) is 0 Å². The Balaban J connectivity index is 0. The number of methoxy groups -OCH3 is 1. The second-order valence-electron chi connectivity index (χ2n) is 1.44. The Hall–Kier alpha value is -1.06. The molecule has 0 rings (SSSR count). The quantitative estimate of drug-likeness (QED) is 0.214. The highest BCUT2D eigenvalue weighted by Gasteiger charge is 1.96.